The van der Waals surface area contributed by atoms with Crippen LogP contribution in [0.4, 0.5) is 10.1 Å². The summed E-state index contributed by atoms with van der Waals surface area (Å²) in [4.78, 5) is 2.05. The van der Waals surface area contributed by atoms with E-state index in [1.165, 1.54) is 13.2 Å². The minimum absolute atomic E-state index is 0.0562. The molecule has 0 atom stereocenters. The Morgan fingerprint density at radius 1 is 1.07 bits per heavy atom. The van der Waals surface area contributed by atoms with Crippen LogP contribution in [0.5, 0.6) is 11.5 Å². The van der Waals surface area contributed by atoms with Crippen molar-refractivity contribution in [3.63, 3.8) is 0 Å². The van der Waals surface area contributed by atoms with E-state index in [0.29, 0.717) is 24.2 Å². The molecular formula is C20H20FN3O4S. The Labute approximate surface area is 167 Å². The summed E-state index contributed by atoms with van der Waals surface area (Å²) in [6, 6.07) is 10.4. The standard InChI is InChI=1S/C20H20FN3O4S/c1-28-19-11-14(10-18(21)20(19)25)15-12-22-24(13-15)17-4-2-16(3-5-17)23-6-8-29(26,27)9-7-23/h2-5,10-13,25H,6-9H2,1H3. The average Bonchev–Trinajstić information content (AvgIpc) is 3.20. The predicted molar refractivity (Wildman–Crippen MR) is 108 cm³/mol. The molecule has 1 N–H and O–H groups in total. The minimum Gasteiger partial charge on any atom is -0.502 e. The summed E-state index contributed by atoms with van der Waals surface area (Å²) in [6.07, 6.45) is 3.36. The van der Waals surface area contributed by atoms with Crippen molar-refractivity contribution in [3.8, 4) is 28.3 Å². The molecule has 1 aromatic heterocycles. The largest absolute Gasteiger partial charge is 0.502 e. The monoisotopic (exact) mass is 417 g/mol. The Bertz CT molecular complexity index is 1130. The third-order valence-corrected chi connectivity index (χ3v) is 6.60. The summed E-state index contributed by atoms with van der Waals surface area (Å²) in [5.41, 5.74) is 2.99. The van der Waals surface area contributed by atoms with E-state index in [1.54, 1.807) is 23.1 Å². The molecule has 9 heteroatoms. The number of benzene rings is 2. The number of hydrogen-bond donors (Lipinski definition) is 1. The number of halogens is 1. The zero-order valence-electron chi connectivity index (χ0n) is 15.7. The van der Waals surface area contributed by atoms with Crippen LogP contribution in [0.25, 0.3) is 16.8 Å². The van der Waals surface area contributed by atoms with E-state index >= 15 is 0 Å². The second kappa shape index (κ2) is 7.40. The van der Waals surface area contributed by atoms with Crippen LogP contribution in [-0.4, -0.2) is 55.0 Å². The van der Waals surface area contributed by atoms with Gasteiger partial charge in [0.2, 0.25) is 0 Å². The maximum atomic E-state index is 13.9. The highest BCUT2D eigenvalue weighted by Gasteiger charge is 2.21. The third-order valence-electron chi connectivity index (χ3n) is 4.99. The van der Waals surface area contributed by atoms with Crippen LogP contribution in [0.2, 0.25) is 0 Å². The second-order valence-corrected chi connectivity index (χ2v) is 9.14. The first-order chi connectivity index (χ1) is 13.9. The average molecular weight is 417 g/mol. The second-order valence-electron chi connectivity index (χ2n) is 6.84. The number of methoxy groups -OCH3 is 1. The highest BCUT2D eigenvalue weighted by atomic mass is 32.2. The van der Waals surface area contributed by atoms with Crippen molar-refractivity contribution in [2.45, 2.75) is 0 Å². The molecule has 2 heterocycles. The van der Waals surface area contributed by atoms with E-state index in [2.05, 4.69) is 5.10 Å². The fourth-order valence-electron chi connectivity index (χ4n) is 3.30. The van der Waals surface area contributed by atoms with E-state index in [9.17, 15) is 17.9 Å². The highest BCUT2D eigenvalue weighted by molar-refractivity contribution is 7.91. The predicted octanol–water partition coefficient (Wildman–Crippen LogP) is 2.63. The molecule has 2 aromatic carbocycles. The molecule has 1 saturated heterocycles. The first-order valence-corrected chi connectivity index (χ1v) is 10.9. The molecule has 0 amide bonds. The van der Waals surface area contributed by atoms with Crippen LogP contribution >= 0.6 is 0 Å². The number of aromatic nitrogens is 2. The number of aromatic hydroxyl groups is 1. The minimum atomic E-state index is -2.92. The van der Waals surface area contributed by atoms with Crippen LogP contribution in [0.1, 0.15) is 0 Å². The molecule has 0 unspecified atom stereocenters. The fourth-order valence-corrected chi connectivity index (χ4v) is 4.50. The Morgan fingerprint density at radius 3 is 2.38 bits per heavy atom. The fraction of sp³-hybridized carbons (Fsp3) is 0.250. The van der Waals surface area contributed by atoms with Gasteiger partial charge in [-0.1, -0.05) is 0 Å². The number of ether oxygens (including phenoxy) is 1. The van der Waals surface area contributed by atoms with Gasteiger partial charge < -0.3 is 14.7 Å². The van der Waals surface area contributed by atoms with Gasteiger partial charge in [0.1, 0.15) is 0 Å². The lowest BCUT2D eigenvalue weighted by atomic mass is 10.1. The maximum absolute atomic E-state index is 13.9. The van der Waals surface area contributed by atoms with Gasteiger partial charge in [-0.2, -0.15) is 5.10 Å². The number of phenols is 1. The smallest absolute Gasteiger partial charge is 0.194 e. The van der Waals surface area contributed by atoms with Gasteiger partial charge in [-0.15, -0.1) is 0 Å². The molecule has 1 aliphatic heterocycles. The molecule has 1 aliphatic rings. The first-order valence-electron chi connectivity index (χ1n) is 9.04. The Kier molecular flexibility index (Phi) is 4.91. The normalized spacial score (nSPS) is 16.0. The molecule has 0 radical (unpaired) electrons. The zero-order valence-corrected chi connectivity index (χ0v) is 16.6. The summed E-state index contributed by atoms with van der Waals surface area (Å²) in [6.45, 7) is 0.976. The van der Waals surface area contributed by atoms with Gasteiger partial charge in [0.05, 0.1) is 30.5 Å². The van der Waals surface area contributed by atoms with Crippen molar-refractivity contribution in [2.75, 3.05) is 36.6 Å². The molecule has 1 fully saturated rings. The summed E-state index contributed by atoms with van der Waals surface area (Å²) in [5.74, 6) is -0.890. The number of anilines is 1. The van der Waals surface area contributed by atoms with Crippen LogP contribution < -0.4 is 9.64 Å². The maximum Gasteiger partial charge on any atom is 0.194 e. The van der Waals surface area contributed by atoms with Crippen molar-refractivity contribution < 1.29 is 22.7 Å². The SMILES string of the molecule is COc1cc(-c2cnn(-c3ccc(N4CCS(=O)(=O)CC4)cc3)c2)cc(F)c1O. The van der Waals surface area contributed by atoms with Crippen molar-refractivity contribution in [2.24, 2.45) is 0 Å². The van der Waals surface area contributed by atoms with Gasteiger partial charge in [0.25, 0.3) is 0 Å². The Hall–Kier alpha value is -3.07. The molecule has 0 aliphatic carbocycles. The molecule has 0 saturated carbocycles. The van der Waals surface area contributed by atoms with E-state index in [-0.39, 0.29) is 17.3 Å². The van der Waals surface area contributed by atoms with E-state index in [0.717, 1.165) is 11.4 Å². The highest BCUT2D eigenvalue weighted by Crippen LogP contribution is 2.34. The Morgan fingerprint density at radius 2 is 1.72 bits per heavy atom. The van der Waals surface area contributed by atoms with Gasteiger partial charge in [-0.05, 0) is 42.0 Å². The molecule has 3 aromatic rings. The molecule has 0 spiro atoms. The summed E-state index contributed by atoms with van der Waals surface area (Å²) in [5, 5.41) is 14.0. The number of nitrogens with zero attached hydrogens (tertiary/aromatic N) is 3. The first kappa shape index (κ1) is 19.3. The van der Waals surface area contributed by atoms with Gasteiger partial charge in [0.15, 0.2) is 27.2 Å². The quantitative estimate of drug-likeness (QED) is 0.703. The lowest BCUT2D eigenvalue weighted by Gasteiger charge is -2.28. The molecular weight excluding hydrogens is 397 g/mol. The number of hydrogen-bond acceptors (Lipinski definition) is 6. The lowest BCUT2D eigenvalue weighted by Crippen LogP contribution is -2.40. The van der Waals surface area contributed by atoms with Crippen LogP contribution in [-0.2, 0) is 9.84 Å². The van der Waals surface area contributed by atoms with Crippen LogP contribution in [0.15, 0.2) is 48.8 Å². The molecule has 4 rings (SSSR count). The topological polar surface area (TPSA) is 84.7 Å². The van der Waals surface area contributed by atoms with Gasteiger partial charge in [-0.25, -0.2) is 17.5 Å². The molecule has 29 heavy (non-hydrogen) atoms. The molecule has 152 valence electrons. The van der Waals surface area contributed by atoms with Crippen molar-refractivity contribution in [3.05, 3.63) is 54.6 Å². The molecule has 0 bridgehead atoms. The van der Waals surface area contributed by atoms with Crippen molar-refractivity contribution in [1.29, 1.82) is 0 Å². The summed E-state index contributed by atoms with van der Waals surface area (Å²) >= 11 is 0. The van der Waals surface area contributed by atoms with E-state index < -0.39 is 21.4 Å². The number of sulfone groups is 1. The number of rotatable bonds is 4. The van der Waals surface area contributed by atoms with Crippen LogP contribution in [0.3, 0.4) is 0 Å². The van der Waals surface area contributed by atoms with Gasteiger partial charge >= 0.3 is 0 Å². The number of phenolic OH excluding ortho intramolecular Hbond substituents is 1. The van der Waals surface area contributed by atoms with Gasteiger partial charge in [0, 0.05) is 30.5 Å². The third kappa shape index (κ3) is 3.91. The van der Waals surface area contributed by atoms with Crippen molar-refractivity contribution in [1.82, 2.24) is 9.78 Å². The van der Waals surface area contributed by atoms with Crippen LogP contribution in [0, 0.1) is 5.82 Å². The summed E-state index contributed by atoms with van der Waals surface area (Å²) < 4.78 is 43.7. The van der Waals surface area contributed by atoms with Gasteiger partial charge in [-0.3, -0.25) is 0 Å². The van der Waals surface area contributed by atoms with E-state index in [1.807, 2.05) is 29.2 Å². The zero-order chi connectivity index (χ0) is 20.6. The lowest BCUT2D eigenvalue weighted by molar-refractivity contribution is 0.357. The molecule has 7 nitrogen and oxygen atoms in total. The van der Waals surface area contributed by atoms with E-state index in [4.69, 9.17) is 4.74 Å². The Balaban J connectivity index is 1.55. The summed E-state index contributed by atoms with van der Waals surface area (Å²) in [7, 11) is -1.55. The van der Waals surface area contributed by atoms with Crippen molar-refractivity contribution >= 4 is 15.5 Å².